The molecule has 3 heteroatoms. The molecular formula is C17H32O3. The fourth-order valence-corrected chi connectivity index (χ4v) is 2.27. The van der Waals surface area contributed by atoms with E-state index in [1.54, 1.807) is 0 Å². The molecule has 0 aromatic rings. The van der Waals surface area contributed by atoms with Gasteiger partial charge in [-0.05, 0) is 19.3 Å². The van der Waals surface area contributed by atoms with E-state index in [1.807, 2.05) is 0 Å². The first-order valence-corrected chi connectivity index (χ1v) is 8.29. The molecule has 0 aliphatic carbocycles. The van der Waals surface area contributed by atoms with Crippen LogP contribution in [0, 0.1) is 0 Å². The minimum absolute atomic E-state index is 0.135. The first-order chi connectivity index (χ1) is 9.70. The smallest absolute Gasteiger partial charge is 0.305 e. The first-order valence-electron chi connectivity index (χ1n) is 8.29. The molecule has 0 unspecified atom stereocenters. The Morgan fingerprint density at radius 3 is 1.65 bits per heavy atom. The number of hydrogen-bond donors (Lipinski definition) is 0. The van der Waals surface area contributed by atoms with Crippen LogP contribution in [0.2, 0.25) is 0 Å². The van der Waals surface area contributed by atoms with Crippen molar-refractivity contribution in [1.29, 1.82) is 0 Å². The van der Waals surface area contributed by atoms with Crippen molar-refractivity contribution in [2.45, 2.75) is 90.4 Å². The van der Waals surface area contributed by atoms with Crippen molar-refractivity contribution < 1.29 is 14.3 Å². The normalized spacial score (nSPS) is 10.5. The van der Waals surface area contributed by atoms with E-state index in [0.717, 1.165) is 38.5 Å². The van der Waals surface area contributed by atoms with Crippen molar-refractivity contribution in [3.63, 3.8) is 0 Å². The van der Waals surface area contributed by atoms with Gasteiger partial charge in [0, 0.05) is 19.3 Å². The summed E-state index contributed by atoms with van der Waals surface area (Å²) < 4.78 is 4.58. The van der Waals surface area contributed by atoms with Crippen LogP contribution in [0.5, 0.6) is 0 Å². The number of ether oxygens (including phenoxy) is 1. The second-order valence-corrected chi connectivity index (χ2v) is 5.55. The Kier molecular flexibility index (Phi) is 13.9. The van der Waals surface area contributed by atoms with E-state index in [9.17, 15) is 9.59 Å². The third-order valence-corrected chi connectivity index (χ3v) is 3.62. The van der Waals surface area contributed by atoms with Gasteiger partial charge >= 0.3 is 5.97 Å². The van der Waals surface area contributed by atoms with Gasteiger partial charge in [0.25, 0.3) is 0 Å². The van der Waals surface area contributed by atoms with E-state index in [-0.39, 0.29) is 5.97 Å². The van der Waals surface area contributed by atoms with E-state index >= 15 is 0 Å². The topological polar surface area (TPSA) is 43.4 Å². The summed E-state index contributed by atoms with van der Waals surface area (Å²) in [5.74, 6) is 0.276. The molecule has 0 atom stereocenters. The molecule has 0 rings (SSSR count). The summed E-state index contributed by atoms with van der Waals surface area (Å²) in [6, 6.07) is 0. The molecule has 0 amide bonds. The molecule has 0 aromatic heterocycles. The van der Waals surface area contributed by atoms with E-state index in [2.05, 4.69) is 11.7 Å². The Bertz CT molecular complexity index is 249. The van der Waals surface area contributed by atoms with Crippen LogP contribution in [0.1, 0.15) is 90.4 Å². The third kappa shape index (κ3) is 13.6. The average Bonchev–Trinajstić information content (AvgIpc) is 2.46. The zero-order valence-corrected chi connectivity index (χ0v) is 13.4. The van der Waals surface area contributed by atoms with Crippen molar-refractivity contribution in [3.8, 4) is 0 Å². The maximum Gasteiger partial charge on any atom is 0.305 e. The zero-order chi connectivity index (χ0) is 15.1. The SMILES string of the molecule is CCCCCCCCC(=O)CCCCCCC(=O)OC. The van der Waals surface area contributed by atoms with Gasteiger partial charge in [0.1, 0.15) is 5.78 Å². The maximum absolute atomic E-state index is 11.6. The number of carbonyl (C=O) groups excluding carboxylic acids is 2. The van der Waals surface area contributed by atoms with Crippen LogP contribution in [-0.4, -0.2) is 18.9 Å². The fourth-order valence-electron chi connectivity index (χ4n) is 2.27. The fraction of sp³-hybridized carbons (Fsp3) is 0.882. The van der Waals surface area contributed by atoms with Gasteiger partial charge < -0.3 is 4.74 Å². The summed E-state index contributed by atoms with van der Waals surface area (Å²) in [6.07, 6.45) is 13.3. The summed E-state index contributed by atoms with van der Waals surface area (Å²) in [5, 5.41) is 0. The number of rotatable bonds is 14. The van der Waals surface area contributed by atoms with Crippen molar-refractivity contribution >= 4 is 11.8 Å². The predicted octanol–water partition coefficient (Wildman–Crippen LogP) is 4.82. The molecule has 0 aliphatic heterocycles. The van der Waals surface area contributed by atoms with Crippen LogP contribution in [0.15, 0.2) is 0 Å². The molecule has 20 heavy (non-hydrogen) atoms. The summed E-state index contributed by atoms with van der Waals surface area (Å²) in [6.45, 7) is 2.22. The largest absolute Gasteiger partial charge is 0.469 e. The number of hydrogen-bond acceptors (Lipinski definition) is 3. The minimum Gasteiger partial charge on any atom is -0.469 e. The Labute approximate surface area is 124 Å². The maximum atomic E-state index is 11.6. The van der Waals surface area contributed by atoms with Gasteiger partial charge in [-0.2, -0.15) is 0 Å². The van der Waals surface area contributed by atoms with Gasteiger partial charge in [0.05, 0.1) is 7.11 Å². The Balaban J connectivity index is 3.22. The number of methoxy groups -OCH3 is 1. The van der Waals surface area contributed by atoms with Crippen LogP contribution in [0.4, 0.5) is 0 Å². The lowest BCUT2D eigenvalue weighted by molar-refractivity contribution is -0.140. The lowest BCUT2D eigenvalue weighted by Crippen LogP contribution is -2.00. The number of unbranched alkanes of at least 4 members (excludes halogenated alkanes) is 8. The lowest BCUT2D eigenvalue weighted by Gasteiger charge is -2.02. The van der Waals surface area contributed by atoms with Crippen molar-refractivity contribution in [1.82, 2.24) is 0 Å². The van der Waals surface area contributed by atoms with Crippen LogP contribution in [-0.2, 0) is 14.3 Å². The van der Waals surface area contributed by atoms with Gasteiger partial charge in [-0.1, -0.05) is 51.9 Å². The van der Waals surface area contributed by atoms with Gasteiger partial charge in [0.2, 0.25) is 0 Å². The van der Waals surface area contributed by atoms with Gasteiger partial charge in [-0.15, -0.1) is 0 Å². The highest BCUT2D eigenvalue weighted by Crippen LogP contribution is 2.11. The highest BCUT2D eigenvalue weighted by molar-refractivity contribution is 5.78. The van der Waals surface area contributed by atoms with Crippen molar-refractivity contribution in [2.75, 3.05) is 7.11 Å². The summed E-state index contributed by atoms with van der Waals surface area (Å²) in [5.41, 5.74) is 0. The van der Waals surface area contributed by atoms with E-state index in [4.69, 9.17) is 0 Å². The number of carbonyl (C=O) groups is 2. The minimum atomic E-state index is -0.135. The number of Topliss-reactive ketones (excluding diaryl/α,β-unsaturated/α-hetero) is 1. The molecule has 0 heterocycles. The second-order valence-electron chi connectivity index (χ2n) is 5.55. The standard InChI is InChI=1S/C17H32O3/c1-3-4-5-6-7-10-13-16(18)14-11-8-9-12-15-17(19)20-2/h3-15H2,1-2H3. The molecule has 118 valence electrons. The predicted molar refractivity (Wildman–Crippen MR) is 82.7 cm³/mol. The average molecular weight is 284 g/mol. The highest BCUT2D eigenvalue weighted by Gasteiger charge is 2.03. The Morgan fingerprint density at radius 1 is 0.700 bits per heavy atom. The highest BCUT2D eigenvalue weighted by atomic mass is 16.5. The van der Waals surface area contributed by atoms with Crippen LogP contribution in [0.25, 0.3) is 0 Å². The van der Waals surface area contributed by atoms with E-state index < -0.39 is 0 Å². The second kappa shape index (κ2) is 14.5. The lowest BCUT2D eigenvalue weighted by atomic mass is 10.0. The number of ketones is 1. The van der Waals surface area contributed by atoms with Crippen molar-refractivity contribution in [2.24, 2.45) is 0 Å². The van der Waals surface area contributed by atoms with E-state index in [1.165, 1.54) is 39.2 Å². The molecule has 0 aliphatic rings. The molecule has 0 aromatic carbocycles. The quantitative estimate of drug-likeness (QED) is 0.339. The van der Waals surface area contributed by atoms with Crippen LogP contribution < -0.4 is 0 Å². The van der Waals surface area contributed by atoms with Gasteiger partial charge in [-0.25, -0.2) is 0 Å². The molecule has 0 fully saturated rings. The zero-order valence-electron chi connectivity index (χ0n) is 13.4. The molecule has 0 bridgehead atoms. The van der Waals surface area contributed by atoms with Gasteiger partial charge in [-0.3, -0.25) is 9.59 Å². The summed E-state index contributed by atoms with van der Waals surface area (Å²) in [4.78, 5) is 22.5. The van der Waals surface area contributed by atoms with E-state index in [0.29, 0.717) is 18.6 Å². The summed E-state index contributed by atoms with van der Waals surface area (Å²) in [7, 11) is 1.42. The molecular weight excluding hydrogens is 252 g/mol. The molecule has 3 nitrogen and oxygen atoms in total. The Morgan fingerprint density at radius 2 is 1.15 bits per heavy atom. The Hall–Kier alpha value is -0.860. The van der Waals surface area contributed by atoms with Gasteiger partial charge in [0.15, 0.2) is 0 Å². The first kappa shape index (κ1) is 19.1. The molecule has 0 N–H and O–H groups in total. The monoisotopic (exact) mass is 284 g/mol. The number of esters is 1. The summed E-state index contributed by atoms with van der Waals surface area (Å²) >= 11 is 0. The van der Waals surface area contributed by atoms with Crippen LogP contribution in [0.3, 0.4) is 0 Å². The molecule has 0 spiro atoms. The molecule has 0 radical (unpaired) electrons. The van der Waals surface area contributed by atoms with Crippen LogP contribution >= 0.6 is 0 Å². The molecule has 0 saturated heterocycles. The van der Waals surface area contributed by atoms with Crippen molar-refractivity contribution in [3.05, 3.63) is 0 Å². The molecule has 0 saturated carbocycles. The third-order valence-electron chi connectivity index (χ3n) is 3.62.